The lowest BCUT2D eigenvalue weighted by atomic mass is 10.1. The van der Waals surface area contributed by atoms with E-state index in [1.54, 1.807) is 11.8 Å². The van der Waals surface area contributed by atoms with Crippen LogP contribution in [0, 0.1) is 12.7 Å². The molecule has 1 aliphatic heterocycles. The van der Waals surface area contributed by atoms with Gasteiger partial charge in [-0.15, -0.1) is 11.8 Å². The molecule has 0 nitrogen and oxygen atoms in total. The zero-order valence-electron chi connectivity index (χ0n) is 6.36. The van der Waals surface area contributed by atoms with Gasteiger partial charge in [0.05, 0.1) is 0 Å². The maximum absolute atomic E-state index is 13.3. The van der Waals surface area contributed by atoms with E-state index in [1.165, 1.54) is 5.56 Å². The monoisotopic (exact) mass is 168 g/mol. The normalized spacial score (nSPS) is 15.1. The zero-order chi connectivity index (χ0) is 7.84. The average Bonchev–Trinajstić information content (AvgIpc) is 2.45. The van der Waals surface area contributed by atoms with Crippen molar-refractivity contribution in [1.82, 2.24) is 0 Å². The fraction of sp³-hybridized carbons (Fsp3) is 0.333. The van der Waals surface area contributed by atoms with E-state index in [0.29, 0.717) is 0 Å². The number of rotatable bonds is 0. The summed E-state index contributed by atoms with van der Waals surface area (Å²) in [5, 5.41) is 0. The Bertz CT molecular complexity index is 294. The Kier molecular flexibility index (Phi) is 1.64. The van der Waals surface area contributed by atoms with Crippen LogP contribution in [0.1, 0.15) is 11.1 Å². The maximum Gasteiger partial charge on any atom is 0.139 e. The van der Waals surface area contributed by atoms with E-state index in [-0.39, 0.29) is 5.82 Å². The molecule has 1 aromatic rings. The average molecular weight is 168 g/mol. The largest absolute Gasteiger partial charge is 0.205 e. The van der Waals surface area contributed by atoms with Crippen molar-refractivity contribution < 1.29 is 4.39 Å². The summed E-state index contributed by atoms with van der Waals surface area (Å²) in [6, 6.07) is 3.90. The molecule has 0 radical (unpaired) electrons. The van der Waals surface area contributed by atoms with Crippen LogP contribution in [-0.2, 0) is 6.42 Å². The molecule has 0 amide bonds. The third-order valence-corrected chi connectivity index (χ3v) is 3.13. The minimum Gasteiger partial charge on any atom is -0.205 e. The van der Waals surface area contributed by atoms with E-state index in [0.717, 1.165) is 22.6 Å². The molecule has 0 bridgehead atoms. The number of aryl methyl sites for hydroxylation is 2. The summed E-state index contributed by atoms with van der Waals surface area (Å²) in [6.45, 7) is 1.81. The minimum atomic E-state index is -0.00926. The second-order valence-electron chi connectivity index (χ2n) is 2.78. The molecule has 2 rings (SSSR count). The summed E-state index contributed by atoms with van der Waals surface area (Å²) in [4.78, 5) is 0.880. The summed E-state index contributed by atoms with van der Waals surface area (Å²) in [7, 11) is 0. The van der Waals surface area contributed by atoms with E-state index in [9.17, 15) is 4.39 Å². The summed E-state index contributed by atoms with van der Waals surface area (Å²) in [5.74, 6) is 1.03. The Morgan fingerprint density at radius 1 is 1.45 bits per heavy atom. The number of halogens is 1. The Labute approximate surface area is 69.8 Å². The van der Waals surface area contributed by atoms with Gasteiger partial charge in [-0.25, -0.2) is 4.39 Å². The lowest BCUT2D eigenvalue weighted by Crippen LogP contribution is -1.87. The molecule has 58 valence electrons. The minimum absolute atomic E-state index is 0.00926. The third kappa shape index (κ3) is 1.06. The van der Waals surface area contributed by atoms with E-state index in [2.05, 4.69) is 0 Å². The van der Waals surface area contributed by atoms with Crippen molar-refractivity contribution >= 4 is 11.8 Å². The highest BCUT2D eigenvalue weighted by Gasteiger charge is 2.16. The van der Waals surface area contributed by atoms with Crippen molar-refractivity contribution in [2.24, 2.45) is 0 Å². The number of hydrogen-bond acceptors (Lipinski definition) is 1. The molecule has 2 heteroatoms. The van der Waals surface area contributed by atoms with Gasteiger partial charge in [-0.2, -0.15) is 0 Å². The molecule has 0 spiro atoms. The van der Waals surface area contributed by atoms with Crippen LogP contribution in [0.5, 0.6) is 0 Å². The predicted octanol–water partition coefficient (Wildman–Crippen LogP) is 2.78. The van der Waals surface area contributed by atoms with Crippen molar-refractivity contribution in [1.29, 1.82) is 0 Å². The van der Waals surface area contributed by atoms with Gasteiger partial charge in [-0.1, -0.05) is 12.1 Å². The van der Waals surface area contributed by atoms with Crippen molar-refractivity contribution in [2.75, 3.05) is 5.75 Å². The van der Waals surface area contributed by atoms with E-state index in [1.807, 2.05) is 19.1 Å². The molecule has 0 saturated heterocycles. The summed E-state index contributed by atoms with van der Waals surface area (Å²) >= 11 is 1.63. The lowest BCUT2D eigenvalue weighted by molar-refractivity contribution is 0.590. The van der Waals surface area contributed by atoms with Gasteiger partial charge in [-0.05, 0) is 24.5 Å². The van der Waals surface area contributed by atoms with Crippen LogP contribution in [0.25, 0.3) is 0 Å². The van der Waals surface area contributed by atoms with Crippen LogP contribution in [0.2, 0.25) is 0 Å². The number of thioether (sulfide) groups is 1. The molecule has 1 aliphatic rings. The van der Waals surface area contributed by atoms with Gasteiger partial charge in [0.25, 0.3) is 0 Å². The first-order valence-corrected chi connectivity index (χ1v) is 4.68. The van der Waals surface area contributed by atoms with Crippen molar-refractivity contribution in [3.05, 3.63) is 29.1 Å². The molecule has 1 aromatic carbocycles. The molecular formula is C9H9FS. The molecule has 0 aromatic heterocycles. The van der Waals surface area contributed by atoms with Crippen molar-refractivity contribution in [3.8, 4) is 0 Å². The van der Waals surface area contributed by atoms with Crippen LogP contribution in [-0.4, -0.2) is 5.75 Å². The van der Waals surface area contributed by atoms with E-state index >= 15 is 0 Å². The fourth-order valence-electron chi connectivity index (χ4n) is 1.31. The highest BCUT2D eigenvalue weighted by atomic mass is 32.2. The molecular weight excluding hydrogens is 159 g/mol. The number of benzene rings is 1. The topological polar surface area (TPSA) is 0 Å². The predicted molar refractivity (Wildman–Crippen MR) is 45.6 cm³/mol. The first kappa shape index (κ1) is 7.17. The van der Waals surface area contributed by atoms with Crippen LogP contribution in [0.3, 0.4) is 0 Å². The molecule has 11 heavy (non-hydrogen) atoms. The quantitative estimate of drug-likeness (QED) is 0.574. The third-order valence-electron chi connectivity index (χ3n) is 1.99. The number of fused-ring (bicyclic) bond motifs is 1. The van der Waals surface area contributed by atoms with Crippen LogP contribution in [0.15, 0.2) is 17.0 Å². The highest BCUT2D eigenvalue weighted by molar-refractivity contribution is 7.99. The van der Waals surface area contributed by atoms with Gasteiger partial charge in [0.15, 0.2) is 0 Å². The smallest absolute Gasteiger partial charge is 0.139 e. The highest BCUT2D eigenvalue weighted by Crippen LogP contribution is 2.34. The Morgan fingerprint density at radius 3 is 3.09 bits per heavy atom. The van der Waals surface area contributed by atoms with E-state index in [4.69, 9.17) is 0 Å². The zero-order valence-corrected chi connectivity index (χ0v) is 7.17. The Morgan fingerprint density at radius 2 is 2.27 bits per heavy atom. The molecule has 1 heterocycles. The van der Waals surface area contributed by atoms with Gasteiger partial charge in [0, 0.05) is 10.6 Å². The first-order chi connectivity index (χ1) is 5.29. The van der Waals surface area contributed by atoms with Crippen LogP contribution >= 0.6 is 11.8 Å². The molecule has 0 aliphatic carbocycles. The second-order valence-corrected chi connectivity index (χ2v) is 3.89. The summed E-state index contributed by atoms with van der Waals surface area (Å²) in [6.07, 6.45) is 1.02. The van der Waals surface area contributed by atoms with Gasteiger partial charge < -0.3 is 0 Å². The van der Waals surface area contributed by atoms with Crippen LogP contribution < -0.4 is 0 Å². The van der Waals surface area contributed by atoms with E-state index < -0.39 is 0 Å². The molecule has 0 fully saturated rings. The Hall–Kier alpha value is -0.500. The number of hydrogen-bond donors (Lipinski definition) is 0. The van der Waals surface area contributed by atoms with Crippen molar-refractivity contribution in [2.45, 2.75) is 18.2 Å². The second kappa shape index (κ2) is 2.52. The summed E-state index contributed by atoms with van der Waals surface area (Å²) in [5.41, 5.74) is 1.94. The maximum atomic E-state index is 13.3. The first-order valence-electron chi connectivity index (χ1n) is 3.70. The molecule has 0 N–H and O–H groups in total. The fourth-order valence-corrected chi connectivity index (χ4v) is 2.48. The summed E-state index contributed by atoms with van der Waals surface area (Å²) < 4.78 is 13.3. The lowest BCUT2D eigenvalue weighted by Gasteiger charge is -2.01. The molecule has 0 atom stereocenters. The molecule has 0 saturated carbocycles. The van der Waals surface area contributed by atoms with Crippen molar-refractivity contribution in [3.63, 3.8) is 0 Å². The SMILES string of the molecule is Cc1ccc2c(c1F)SCC2. The molecule has 0 unspecified atom stereocenters. The standard InChI is InChI=1S/C9H9FS/c1-6-2-3-7-4-5-11-9(7)8(6)10/h2-3H,4-5H2,1H3. The van der Waals surface area contributed by atoms with Gasteiger partial charge >= 0.3 is 0 Å². The van der Waals surface area contributed by atoms with Crippen LogP contribution in [0.4, 0.5) is 4.39 Å². The van der Waals surface area contributed by atoms with Gasteiger partial charge in [0.1, 0.15) is 5.82 Å². The van der Waals surface area contributed by atoms with Gasteiger partial charge in [0.2, 0.25) is 0 Å². The van der Waals surface area contributed by atoms with Gasteiger partial charge in [-0.3, -0.25) is 0 Å². The Balaban J connectivity index is 2.62.